The standard InChI is InChI=1S/C23H23N3O3/c1-26(2)23(28)19-11-8-17(9-12-19)10-13-22(27)24-15-14-20-16-21(29-25-20)18-6-4-3-5-7-18/h3-13,16H,14-15H2,1-2H3,(H,24,27)/b13-10+. The molecule has 0 spiro atoms. The molecule has 0 aliphatic carbocycles. The molecule has 0 unspecified atom stereocenters. The third-order valence-corrected chi connectivity index (χ3v) is 4.29. The third-order valence-electron chi connectivity index (χ3n) is 4.29. The van der Waals surface area contributed by atoms with Crippen molar-refractivity contribution in [3.63, 3.8) is 0 Å². The Morgan fingerprint density at radius 1 is 1.07 bits per heavy atom. The summed E-state index contributed by atoms with van der Waals surface area (Å²) in [6.07, 6.45) is 3.76. The summed E-state index contributed by atoms with van der Waals surface area (Å²) >= 11 is 0. The van der Waals surface area contributed by atoms with Gasteiger partial charge in [0.25, 0.3) is 5.91 Å². The Morgan fingerprint density at radius 3 is 2.48 bits per heavy atom. The summed E-state index contributed by atoms with van der Waals surface area (Å²) in [5.41, 5.74) is 3.21. The summed E-state index contributed by atoms with van der Waals surface area (Å²) < 4.78 is 5.35. The van der Waals surface area contributed by atoms with Gasteiger partial charge in [-0.3, -0.25) is 9.59 Å². The molecule has 6 heteroatoms. The number of rotatable bonds is 7. The second-order valence-corrected chi connectivity index (χ2v) is 6.74. The molecule has 0 atom stereocenters. The largest absolute Gasteiger partial charge is 0.356 e. The van der Waals surface area contributed by atoms with Crippen molar-refractivity contribution in [1.29, 1.82) is 0 Å². The van der Waals surface area contributed by atoms with Crippen LogP contribution in [-0.4, -0.2) is 42.5 Å². The van der Waals surface area contributed by atoms with Crippen LogP contribution in [0.4, 0.5) is 0 Å². The van der Waals surface area contributed by atoms with Gasteiger partial charge in [0, 0.05) is 50.3 Å². The minimum atomic E-state index is -0.190. The first-order valence-electron chi connectivity index (χ1n) is 9.31. The van der Waals surface area contributed by atoms with Crippen molar-refractivity contribution in [3.05, 3.63) is 83.6 Å². The quantitative estimate of drug-likeness (QED) is 0.629. The van der Waals surface area contributed by atoms with E-state index in [1.807, 2.05) is 36.4 Å². The Balaban J connectivity index is 1.46. The van der Waals surface area contributed by atoms with E-state index in [2.05, 4.69) is 10.5 Å². The Hall–Kier alpha value is -3.67. The zero-order valence-corrected chi connectivity index (χ0v) is 16.5. The van der Waals surface area contributed by atoms with Gasteiger partial charge in [-0.05, 0) is 23.8 Å². The van der Waals surface area contributed by atoms with Crippen LogP contribution in [0, 0.1) is 0 Å². The number of nitrogens with zero attached hydrogens (tertiary/aromatic N) is 2. The first kappa shape index (κ1) is 20.1. The molecule has 2 aromatic carbocycles. The lowest BCUT2D eigenvalue weighted by Crippen LogP contribution is -2.23. The number of hydrogen-bond donors (Lipinski definition) is 1. The van der Waals surface area contributed by atoms with Gasteiger partial charge in [0.1, 0.15) is 0 Å². The van der Waals surface area contributed by atoms with Crippen LogP contribution < -0.4 is 5.32 Å². The van der Waals surface area contributed by atoms with Gasteiger partial charge in [-0.1, -0.05) is 47.6 Å². The molecule has 1 heterocycles. The Bertz CT molecular complexity index is 990. The van der Waals surface area contributed by atoms with Crippen LogP contribution in [0.5, 0.6) is 0 Å². The van der Waals surface area contributed by atoms with E-state index in [1.165, 1.54) is 11.0 Å². The Kier molecular flexibility index (Phi) is 6.58. The molecule has 0 aliphatic rings. The smallest absolute Gasteiger partial charge is 0.253 e. The molecule has 1 N–H and O–H groups in total. The molecule has 3 rings (SSSR count). The molecule has 0 saturated heterocycles. The zero-order chi connectivity index (χ0) is 20.6. The number of benzene rings is 2. The van der Waals surface area contributed by atoms with Crippen molar-refractivity contribution < 1.29 is 14.1 Å². The maximum absolute atomic E-state index is 12.0. The number of carbonyl (C=O) groups is 2. The highest BCUT2D eigenvalue weighted by Crippen LogP contribution is 2.19. The molecule has 0 radical (unpaired) electrons. The molecule has 3 aromatic rings. The minimum Gasteiger partial charge on any atom is -0.356 e. The van der Waals surface area contributed by atoms with Crippen molar-refractivity contribution >= 4 is 17.9 Å². The Morgan fingerprint density at radius 2 is 1.79 bits per heavy atom. The van der Waals surface area contributed by atoms with Gasteiger partial charge in [-0.15, -0.1) is 0 Å². The fraction of sp³-hybridized carbons (Fsp3) is 0.174. The van der Waals surface area contributed by atoms with Crippen LogP contribution in [0.25, 0.3) is 17.4 Å². The van der Waals surface area contributed by atoms with Gasteiger partial charge in [0.2, 0.25) is 5.91 Å². The maximum Gasteiger partial charge on any atom is 0.253 e. The van der Waals surface area contributed by atoms with Gasteiger partial charge >= 0.3 is 0 Å². The van der Waals surface area contributed by atoms with Crippen molar-refractivity contribution in [2.24, 2.45) is 0 Å². The molecular weight excluding hydrogens is 366 g/mol. The van der Waals surface area contributed by atoms with Crippen molar-refractivity contribution in [3.8, 4) is 11.3 Å². The van der Waals surface area contributed by atoms with E-state index in [4.69, 9.17) is 4.52 Å². The number of hydrogen-bond acceptors (Lipinski definition) is 4. The molecule has 0 saturated carbocycles. The van der Waals surface area contributed by atoms with Crippen molar-refractivity contribution in [2.75, 3.05) is 20.6 Å². The third kappa shape index (κ3) is 5.65. The second kappa shape index (κ2) is 9.50. The minimum absolute atomic E-state index is 0.0541. The normalized spacial score (nSPS) is 10.8. The van der Waals surface area contributed by atoms with Gasteiger partial charge in [-0.2, -0.15) is 0 Å². The predicted molar refractivity (Wildman–Crippen MR) is 112 cm³/mol. The monoisotopic (exact) mass is 389 g/mol. The van der Waals surface area contributed by atoms with Crippen LogP contribution >= 0.6 is 0 Å². The van der Waals surface area contributed by atoms with Gasteiger partial charge in [0.05, 0.1) is 5.69 Å². The summed E-state index contributed by atoms with van der Waals surface area (Å²) in [5.74, 6) is 0.467. The first-order valence-corrected chi connectivity index (χ1v) is 9.31. The molecule has 1 aromatic heterocycles. The summed E-state index contributed by atoms with van der Waals surface area (Å²) in [7, 11) is 3.42. The number of carbonyl (C=O) groups excluding carboxylic acids is 2. The average Bonchev–Trinajstić information content (AvgIpc) is 3.21. The van der Waals surface area contributed by atoms with Gasteiger partial charge < -0.3 is 14.7 Å². The molecular formula is C23H23N3O3. The SMILES string of the molecule is CN(C)C(=O)c1ccc(/C=C/C(=O)NCCc2cc(-c3ccccc3)on2)cc1. The molecule has 148 valence electrons. The van der Waals surface area contributed by atoms with E-state index in [-0.39, 0.29) is 11.8 Å². The number of aromatic nitrogens is 1. The lowest BCUT2D eigenvalue weighted by atomic mass is 10.1. The summed E-state index contributed by atoms with van der Waals surface area (Å²) in [6.45, 7) is 0.459. The van der Waals surface area contributed by atoms with Crippen LogP contribution in [0.1, 0.15) is 21.6 Å². The Labute approximate surface area is 169 Å². The highest BCUT2D eigenvalue weighted by molar-refractivity contribution is 5.94. The van der Waals surface area contributed by atoms with Crippen molar-refractivity contribution in [2.45, 2.75) is 6.42 Å². The summed E-state index contributed by atoms with van der Waals surface area (Å²) in [4.78, 5) is 25.4. The topological polar surface area (TPSA) is 75.4 Å². The molecule has 0 fully saturated rings. The van der Waals surface area contributed by atoms with E-state index in [0.717, 1.165) is 16.8 Å². The maximum atomic E-state index is 12.0. The lowest BCUT2D eigenvalue weighted by Gasteiger charge is -2.09. The van der Waals surface area contributed by atoms with E-state index in [1.54, 1.807) is 44.4 Å². The number of amides is 2. The molecule has 2 amide bonds. The van der Waals surface area contributed by atoms with Crippen LogP contribution in [0.2, 0.25) is 0 Å². The summed E-state index contributed by atoms with van der Waals surface area (Å²) in [6, 6.07) is 18.7. The predicted octanol–water partition coefficient (Wildman–Crippen LogP) is 3.42. The average molecular weight is 389 g/mol. The number of nitrogens with one attached hydrogen (secondary N) is 1. The van der Waals surface area contributed by atoms with Crippen LogP contribution in [0.15, 0.2) is 71.3 Å². The van der Waals surface area contributed by atoms with E-state index < -0.39 is 0 Å². The van der Waals surface area contributed by atoms with Crippen LogP contribution in [0.3, 0.4) is 0 Å². The van der Waals surface area contributed by atoms with E-state index >= 15 is 0 Å². The summed E-state index contributed by atoms with van der Waals surface area (Å²) in [5, 5.41) is 6.87. The zero-order valence-electron chi connectivity index (χ0n) is 16.5. The fourth-order valence-corrected chi connectivity index (χ4v) is 2.71. The van der Waals surface area contributed by atoms with Crippen molar-refractivity contribution in [1.82, 2.24) is 15.4 Å². The molecule has 0 aliphatic heterocycles. The van der Waals surface area contributed by atoms with Gasteiger partial charge in [-0.25, -0.2) is 0 Å². The highest BCUT2D eigenvalue weighted by Gasteiger charge is 2.07. The van der Waals surface area contributed by atoms with E-state index in [9.17, 15) is 9.59 Å². The molecule has 6 nitrogen and oxygen atoms in total. The second-order valence-electron chi connectivity index (χ2n) is 6.74. The highest BCUT2D eigenvalue weighted by atomic mass is 16.5. The molecule has 0 bridgehead atoms. The van der Waals surface area contributed by atoms with E-state index in [0.29, 0.717) is 24.3 Å². The first-order chi connectivity index (χ1) is 14.0. The molecule has 29 heavy (non-hydrogen) atoms. The fourth-order valence-electron chi connectivity index (χ4n) is 2.71. The van der Waals surface area contributed by atoms with Crippen LogP contribution in [-0.2, 0) is 11.2 Å². The lowest BCUT2D eigenvalue weighted by molar-refractivity contribution is -0.116. The van der Waals surface area contributed by atoms with Gasteiger partial charge in [0.15, 0.2) is 5.76 Å².